The van der Waals surface area contributed by atoms with E-state index in [0.717, 1.165) is 10.1 Å². The molecule has 0 unspecified atom stereocenters. The van der Waals surface area contributed by atoms with E-state index < -0.39 is 0 Å². The van der Waals surface area contributed by atoms with Crippen LogP contribution in [0.1, 0.15) is 0 Å². The predicted octanol–water partition coefficient (Wildman–Crippen LogP) is 2.75. The molecule has 0 aliphatic carbocycles. The number of hydrogen-bond donors (Lipinski definition) is 0. The molecular weight excluding hydrogens is 258 g/mol. The van der Waals surface area contributed by atoms with E-state index in [4.69, 9.17) is 4.42 Å². The third kappa shape index (κ3) is 1.45. The molecule has 0 amide bonds. The van der Waals surface area contributed by atoms with Crippen LogP contribution in [0.15, 0.2) is 45.6 Å². The van der Waals surface area contributed by atoms with Gasteiger partial charge in [0.25, 0.3) is 0 Å². The van der Waals surface area contributed by atoms with Crippen LogP contribution in [0.4, 0.5) is 0 Å². The second-order valence-corrected chi connectivity index (χ2v) is 3.98. The largest absolute Gasteiger partial charge is 0.461 e. The van der Waals surface area contributed by atoms with Crippen molar-refractivity contribution in [1.29, 1.82) is 0 Å². The van der Waals surface area contributed by atoms with E-state index in [1.54, 1.807) is 10.8 Å². The van der Waals surface area contributed by atoms with Crippen LogP contribution in [0.5, 0.6) is 0 Å². The van der Waals surface area contributed by atoms with Gasteiger partial charge < -0.3 is 4.42 Å². The van der Waals surface area contributed by atoms with Crippen molar-refractivity contribution in [2.45, 2.75) is 0 Å². The van der Waals surface area contributed by atoms with Gasteiger partial charge in [-0.05, 0) is 40.2 Å². The predicted molar refractivity (Wildman–Crippen MR) is 58.4 cm³/mol. The summed E-state index contributed by atoms with van der Waals surface area (Å²) in [6.07, 6.45) is 3.46. The van der Waals surface area contributed by atoms with Crippen LogP contribution in [-0.2, 0) is 0 Å². The quantitative estimate of drug-likeness (QED) is 0.678. The molecule has 0 aliphatic heterocycles. The van der Waals surface area contributed by atoms with E-state index in [0.29, 0.717) is 11.6 Å². The van der Waals surface area contributed by atoms with E-state index in [9.17, 15) is 0 Å². The van der Waals surface area contributed by atoms with Crippen molar-refractivity contribution in [2.24, 2.45) is 0 Å². The molecule has 0 atom stereocenters. The van der Waals surface area contributed by atoms with Crippen molar-refractivity contribution in [3.63, 3.8) is 0 Å². The van der Waals surface area contributed by atoms with Crippen LogP contribution in [0.25, 0.3) is 17.2 Å². The van der Waals surface area contributed by atoms with Crippen molar-refractivity contribution in [3.05, 3.63) is 41.2 Å². The minimum absolute atomic E-state index is 0.595. The van der Waals surface area contributed by atoms with Crippen LogP contribution in [-0.4, -0.2) is 14.6 Å². The van der Waals surface area contributed by atoms with E-state index in [-0.39, 0.29) is 0 Å². The summed E-state index contributed by atoms with van der Waals surface area (Å²) >= 11 is 3.38. The molecule has 0 radical (unpaired) electrons. The molecule has 0 aromatic carbocycles. The molecule has 3 aromatic rings. The Morgan fingerprint density at radius 1 is 1.27 bits per heavy atom. The van der Waals surface area contributed by atoms with Gasteiger partial charge in [-0.3, -0.25) is 0 Å². The van der Waals surface area contributed by atoms with E-state index in [1.165, 1.54) is 0 Å². The molecule has 0 saturated heterocycles. The molecule has 3 rings (SSSR count). The first-order chi connectivity index (χ1) is 7.33. The average Bonchev–Trinajstić information content (AvgIpc) is 2.84. The van der Waals surface area contributed by atoms with Crippen LogP contribution >= 0.6 is 15.9 Å². The minimum atomic E-state index is 0.595. The summed E-state index contributed by atoms with van der Waals surface area (Å²) in [6, 6.07) is 7.47. The van der Waals surface area contributed by atoms with E-state index >= 15 is 0 Å². The van der Waals surface area contributed by atoms with Crippen molar-refractivity contribution < 1.29 is 4.42 Å². The fourth-order valence-corrected chi connectivity index (χ4v) is 1.69. The molecular formula is C10H6BrN3O. The molecule has 0 saturated carbocycles. The van der Waals surface area contributed by atoms with Gasteiger partial charge in [0.05, 0.1) is 6.26 Å². The summed E-state index contributed by atoms with van der Waals surface area (Å²) in [5.74, 6) is 1.27. The first kappa shape index (κ1) is 8.67. The maximum atomic E-state index is 5.23. The van der Waals surface area contributed by atoms with Gasteiger partial charge in [-0.1, -0.05) is 0 Å². The molecule has 0 fully saturated rings. The van der Waals surface area contributed by atoms with Crippen molar-refractivity contribution in [1.82, 2.24) is 14.6 Å². The fourth-order valence-electron chi connectivity index (χ4n) is 1.37. The number of hydrogen-bond acceptors (Lipinski definition) is 3. The van der Waals surface area contributed by atoms with Gasteiger partial charge in [0.1, 0.15) is 0 Å². The molecule has 15 heavy (non-hydrogen) atoms. The number of pyridine rings is 1. The first-order valence-corrected chi connectivity index (χ1v) is 5.18. The van der Waals surface area contributed by atoms with Crippen molar-refractivity contribution in [3.8, 4) is 11.6 Å². The summed E-state index contributed by atoms with van der Waals surface area (Å²) in [5, 5.41) is 4.30. The van der Waals surface area contributed by atoms with Crippen molar-refractivity contribution in [2.75, 3.05) is 0 Å². The monoisotopic (exact) mass is 263 g/mol. The van der Waals surface area contributed by atoms with Crippen LogP contribution in [0, 0.1) is 0 Å². The summed E-state index contributed by atoms with van der Waals surface area (Å²) in [4.78, 5) is 4.33. The lowest BCUT2D eigenvalue weighted by atomic mass is 10.4. The van der Waals surface area contributed by atoms with E-state index in [2.05, 4.69) is 26.0 Å². The van der Waals surface area contributed by atoms with Gasteiger partial charge >= 0.3 is 0 Å². The van der Waals surface area contributed by atoms with Gasteiger partial charge in [0.15, 0.2) is 11.4 Å². The normalized spacial score (nSPS) is 11.0. The zero-order valence-corrected chi connectivity index (χ0v) is 9.18. The molecule has 0 N–H and O–H groups in total. The molecule has 0 bridgehead atoms. The molecule has 0 spiro atoms. The highest BCUT2D eigenvalue weighted by molar-refractivity contribution is 9.10. The number of halogens is 1. The number of fused-ring (bicyclic) bond motifs is 1. The Morgan fingerprint density at radius 2 is 2.20 bits per heavy atom. The van der Waals surface area contributed by atoms with Gasteiger partial charge in [-0.15, -0.1) is 5.10 Å². The molecule has 3 heterocycles. The summed E-state index contributed by atoms with van der Waals surface area (Å²) in [5.41, 5.74) is 0.796. The Labute approximate surface area is 93.7 Å². The van der Waals surface area contributed by atoms with Crippen LogP contribution in [0.3, 0.4) is 0 Å². The summed E-state index contributed by atoms with van der Waals surface area (Å²) in [6.45, 7) is 0. The zero-order valence-electron chi connectivity index (χ0n) is 7.59. The Balaban J connectivity index is 2.22. The smallest absolute Gasteiger partial charge is 0.217 e. The highest BCUT2D eigenvalue weighted by atomic mass is 79.9. The number of nitrogens with zero attached hydrogens (tertiary/aromatic N) is 3. The zero-order chi connectivity index (χ0) is 10.3. The molecule has 3 aromatic heterocycles. The lowest BCUT2D eigenvalue weighted by molar-refractivity contribution is 0.577. The Kier molecular flexibility index (Phi) is 1.85. The second-order valence-electron chi connectivity index (χ2n) is 3.06. The number of furan rings is 1. The number of aromatic nitrogens is 3. The first-order valence-electron chi connectivity index (χ1n) is 4.39. The highest BCUT2D eigenvalue weighted by Gasteiger charge is 2.08. The number of rotatable bonds is 1. The summed E-state index contributed by atoms with van der Waals surface area (Å²) in [7, 11) is 0. The van der Waals surface area contributed by atoms with Crippen LogP contribution < -0.4 is 0 Å². The van der Waals surface area contributed by atoms with Gasteiger partial charge in [0.2, 0.25) is 5.82 Å². The lowest BCUT2D eigenvalue weighted by Crippen LogP contribution is -1.85. The highest BCUT2D eigenvalue weighted by Crippen LogP contribution is 2.17. The Hall–Kier alpha value is -1.62. The third-order valence-corrected chi connectivity index (χ3v) is 2.51. The van der Waals surface area contributed by atoms with Gasteiger partial charge in [0, 0.05) is 10.7 Å². The Bertz CT molecular complexity index is 600. The maximum Gasteiger partial charge on any atom is 0.217 e. The van der Waals surface area contributed by atoms with Crippen molar-refractivity contribution >= 4 is 21.6 Å². The second kappa shape index (κ2) is 3.20. The van der Waals surface area contributed by atoms with E-state index in [1.807, 2.05) is 30.5 Å². The van der Waals surface area contributed by atoms with Gasteiger partial charge in [-0.2, -0.15) is 0 Å². The third-order valence-electron chi connectivity index (χ3n) is 2.04. The summed E-state index contributed by atoms with van der Waals surface area (Å²) < 4.78 is 7.90. The Morgan fingerprint density at radius 3 is 3.00 bits per heavy atom. The van der Waals surface area contributed by atoms with Gasteiger partial charge in [-0.25, -0.2) is 9.50 Å². The molecule has 5 heteroatoms. The average molecular weight is 264 g/mol. The molecule has 4 nitrogen and oxygen atoms in total. The molecule has 0 aliphatic rings. The SMILES string of the molecule is Brc1ccc2nc(-c3ccco3)nn2c1. The van der Waals surface area contributed by atoms with Crippen LogP contribution in [0.2, 0.25) is 0 Å². The maximum absolute atomic E-state index is 5.23. The topological polar surface area (TPSA) is 43.3 Å². The lowest BCUT2D eigenvalue weighted by Gasteiger charge is -1.89. The minimum Gasteiger partial charge on any atom is -0.461 e. The standard InChI is InChI=1S/C10H6BrN3O/c11-7-3-4-9-12-10(13-14(9)6-7)8-2-1-5-15-8/h1-6H. The molecule has 74 valence electrons. The fraction of sp³-hybridized carbons (Fsp3) is 0.